The highest BCUT2D eigenvalue weighted by Gasteiger charge is 2.23. The summed E-state index contributed by atoms with van der Waals surface area (Å²) in [6.45, 7) is 5.28. The second-order valence-electron chi connectivity index (χ2n) is 7.70. The van der Waals surface area contributed by atoms with Gasteiger partial charge in [-0.2, -0.15) is 11.3 Å². The van der Waals surface area contributed by atoms with E-state index in [-0.39, 0.29) is 0 Å². The molecule has 1 saturated carbocycles. The summed E-state index contributed by atoms with van der Waals surface area (Å²) in [6.07, 6.45) is 4.85. The number of thiophene rings is 1. The number of nitrogens with zero attached hydrogens (tertiary/aromatic N) is 1. The predicted molar refractivity (Wildman–Crippen MR) is 116 cm³/mol. The van der Waals surface area contributed by atoms with Gasteiger partial charge in [0.1, 0.15) is 5.82 Å². The van der Waals surface area contributed by atoms with Gasteiger partial charge in [-0.15, -0.1) is 0 Å². The number of anilines is 2. The summed E-state index contributed by atoms with van der Waals surface area (Å²) in [5.74, 6) is 1.02. The molecule has 142 valence electrons. The molecule has 0 amide bonds. The molecule has 1 aromatic carbocycles. The molecule has 1 aliphatic carbocycles. The summed E-state index contributed by atoms with van der Waals surface area (Å²) in [6, 6.07) is 9.22. The fraction of sp³-hybridized carbons (Fsp3) is 0.409. The minimum absolute atomic E-state index is 0.468. The first-order chi connectivity index (χ1) is 13.1. The van der Waals surface area contributed by atoms with Gasteiger partial charge in [-0.05, 0) is 91.2 Å². The van der Waals surface area contributed by atoms with Crippen molar-refractivity contribution in [1.29, 1.82) is 0 Å². The standard InChI is InChI=1S/C22H28N4S/c1-14-15(2)22(26-21-7-6-17(23)10-20(14)21)25-19-5-3-4-18(11-19)24-12-16-8-9-27-13-16/h6-10,13,18-19,24H,3-5,11-12,23H2,1-2H3,(H,25,26). The Morgan fingerprint density at radius 3 is 2.81 bits per heavy atom. The van der Waals surface area contributed by atoms with Crippen LogP contribution in [0, 0.1) is 13.8 Å². The largest absolute Gasteiger partial charge is 0.399 e. The van der Waals surface area contributed by atoms with Crippen LogP contribution in [0.25, 0.3) is 10.9 Å². The van der Waals surface area contributed by atoms with Crippen molar-refractivity contribution in [2.45, 2.75) is 58.2 Å². The van der Waals surface area contributed by atoms with E-state index < -0.39 is 0 Å². The molecule has 0 radical (unpaired) electrons. The Hall–Kier alpha value is -2.11. The molecule has 27 heavy (non-hydrogen) atoms. The van der Waals surface area contributed by atoms with Crippen LogP contribution in [0.1, 0.15) is 42.4 Å². The van der Waals surface area contributed by atoms with Crippen molar-refractivity contribution in [3.8, 4) is 0 Å². The van der Waals surface area contributed by atoms with E-state index in [1.165, 1.54) is 36.0 Å². The van der Waals surface area contributed by atoms with Crippen molar-refractivity contribution in [2.24, 2.45) is 0 Å². The van der Waals surface area contributed by atoms with E-state index in [2.05, 4.69) is 41.3 Å². The second-order valence-corrected chi connectivity index (χ2v) is 8.48. The first-order valence-electron chi connectivity index (χ1n) is 9.77. The number of aromatic nitrogens is 1. The lowest BCUT2D eigenvalue weighted by Crippen LogP contribution is -2.38. The fourth-order valence-electron chi connectivity index (χ4n) is 4.03. The van der Waals surface area contributed by atoms with Crippen molar-refractivity contribution in [1.82, 2.24) is 10.3 Å². The molecule has 0 bridgehead atoms. The Morgan fingerprint density at radius 1 is 1.15 bits per heavy atom. The highest BCUT2D eigenvalue weighted by Crippen LogP contribution is 2.29. The molecule has 4 nitrogen and oxygen atoms in total. The zero-order chi connectivity index (χ0) is 18.8. The molecule has 1 aliphatic rings. The third kappa shape index (κ3) is 4.09. The molecule has 2 aromatic heterocycles. The first-order valence-corrected chi connectivity index (χ1v) is 10.7. The Balaban J connectivity index is 1.46. The van der Waals surface area contributed by atoms with E-state index in [1.54, 1.807) is 11.3 Å². The van der Waals surface area contributed by atoms with Crippen LogP contribution >= 0.6 is 11.3 Å². The molecule has 2 unspecified atom stereocenters. The van der Waals surface area contributed by atoms with Gasteiger partial charge in [-0.25, -0.2) is 4.98 Å². The maximum atomic E-state index is 5.96. The van der Waals surface area contributed by atoms with Gasteiger partial charge in [-0.1, -0.05) is 0 Å². The third-order valence-corrected chi connectivity index (χ3v) is 6.50. The second kappa shape index (κ2) is 7.87. The average molecular weight is 381 g/mol. The molecule has 0 spiro atoms. The van der Waals surface area contributed by atoms with Gasteiger partial charge in [0, 0.05) is 29.7 Å². The summed E-state index contributed by atoms with van der Waals surface area (Å²) >= 11 is 1.76. The molecule has 0 aliphatic heterocycles. The smallest absolute Gasteiger partial charge is 0.130 e. The number of hydrogen-bond donors (Lipinski definition) is 3. The third-order valence-electron chi connectivity index (χ3n) is 5.76. The number of pyridine rings is 1. The molecule has 4 rings (SSSR count). The monoisotopic (exact) mass is 380 g/mol. The Kier molecular flexibility index (Phi) is 5.32. The van der Waals surface area contributed by atoms with Crippen LogP contribution in [0.4, 0.5) is 11.5 Å². The van der Waals surface area contributed by atoms with E-state index in [1.807, 2.05) is 18.2 Å². The minimum Gasteiger partial charge on any atom is -0.399 e. The van der Waals surface area contributed by atoms with Crippen LogP contribution in [0.2, 0.25) is 0 Å². The van der Waals surface area contributed by atoms with Crippen LogP contribution in [0.5, 0.6) is 0 Å². The zero-order valence-corrected chi connectivity index (χ0v) is 16.9. The average Bonchev–Trinajstić information content (AvgIpc) is 3.19. The van der Waals surface area contributed by atoms with Crippen LogP contribution in [-0.4, -0.2) is 17.1 Å². The molecule has 2 atom stereocenters. The van der Waals surface area contributed by atoms with Crippen molar-refractivity contribution in [3.05, 3.63) is 51.7 Å². The molecule has 2 heterocycles. The van der Waals surface area contributed by atoms with Gasteiger partial charge in [0.25, 0.3) is 0 Å². The minimum atomic E-state index is 0.468. The lowest BCUT2D eigenvalue weighted by molar-refractivity contribution is 0.350. The molecule has 5 heteroatoms. The van der Waals surface area contributed by atoms with E-state index in [0.29, 0.717) is 12.1 Å². The number of rotatable bonds is 5. The highest BCUT2D eigenvalue weighted by atomic mass is 32.1. The number of nitrogen functional groups attached to an aromatic ring is 1. The number of nitrogens with one attached hydrogen (secondary N) is 2. The van der Waals surface area contributed by atoms with E-state index >= 15 is 0 Å². The van der Waals surface area contributed by atoms with Crippen molar-refractivity contribution in [3.63, 3.8) is 0 Å². The number of nitrogens with two attached hydrogens (primary N) is 1. The first kappa shape index (κ1) is 18.3. The maximum absolute atomic E-state index is 5.96. The molecule has 4 N–H and O–H groups in total. The van der Waals surface area contributed by atoms with Crippen LogP contribution in [-0.2, 0) is 6.54 Å². The van der Waals surface area contributed by atoms with Gasteiger partial charge in [-0.3, -0.25) is 0 Å². The van der Waals surface area contributed by atoms with Crippen LogP contribution in [0.15, 0.2) is 35.0 Å². The lowest BCUT2D eigenvalue weighted by atomic mass is 9.90. The van der Waals surface area contributed by atoms with Gasteiger partial charge in [0.15, 0.2) is 0 Å². The molecule has 1 fully saturated rings. The molecule has 0 saturated heterocycles. The zero-order valence-electron chi connectivity index (χ0n) is 16.1. The normalized spacial score (nSPS) is 20.1. The Labute approximate surface area is 165 Å². The van der Waals surface area contributed by atoms with E-state index in [0.717, 1.165) is 35.4 Å². The van der Waals surface area contributed by atoms with Crippen LogP contribution in [0.3, 0.4) is 0 Å². The summed E-state index contributed by atoms with van der Waals surface area (Å²) in [4.78, 5) is 4.90. The van der Waals surface area contributed by atoms with Crippen LogP contribution < -0.4 is 16.4 Å². The Morgan fingerprint density at radius 2 is 2.00 bits per heavy atom. The topological polar surface area (TPSA) is 63.0 Å². The summed E-state index contributed by atoms with van der Waals surface area (Å²) in [5, 5.41) is 13.0. The summed E-state index contributed by atoms with van der Waals surface area (Å²) < 4.78 is 0. The van der Waals surface area contributed by atoms with Gasteiger partial charge < -0.3 is 16.4 Å². The van der Waals surface area contributed by atoms with E-state index in [9.17, 15) is 0 Å². The summed E-state index contributed by atoms with van der Waals surface area (Å²) in [5.41, 5.74) is 11.6. The van der Waals surface area contributed by atoms with Crippen molar-refractivity contribution >= 4 is 33.7 Å². The van der Waals surface area contributed by atoms with Gasteiger partial charge >= 0.3 is 0 Å². The van der Waals surface area contributed by atoms with Gasteiger partial charge in [0.2, 0.25) is 0 Å². The van der Waals surface area contributed by atoms with Gasteiger partial charge in [0.05, 0.1) is 5.52 Å². The SMILES string of the molecule is Cc1c(NC2CCCC(NCc3ccsc3)C2)nc2ccc(N)cc2c1C. The fourth-order valence-corrected chi connectivity index (χ4v) is 4.70. The van der Waals surface area contributed by atoms with Crippen molar-refractivity contribution < 1.29 is 0 Å². The number of fused-ring (bicyclic) bond motifs is 1. The molecular weight excluding hydrogens is 352 g/mol. The number of hydrogen-bond acceptors (Lipinski definition) is 5. The predicted octanol–water partition coefficient (Wildman–Crippen LogP) is 5.01. The molecular formula is C22H28N4S. The van der Waals surface area contributed by atoms with E-state index in [4.69, 9.17) is 10.7 Å². The van der Waals surface area contributed by atoms with Crippen molar-refractivity contribution in [2.75, 3.05) is 11.1 Å². The quantitative estimate of drug-likeness (QED) is 0.545. The maximum Gasteiger partial charge on any atom is 0.130 e. The summed E-state index contributed by atoms with van der Waals surface area (Å²) in [7, 11) is 0. The number of benzene rings is 1. The lowest BCUT2D eigenvalue weighted by Gasteiger charge is -2.31. The number of aryl methyl sites for hydroxylation is 1. The highest BCUT2D eigenvalue weighted by molar-refractivity contribution is 7.07. The Bertz CT molecular complexity index is 920. The molecule has 3 aromatic rings.